The van der Waals surface area contributed by atoms with Crippen LogP contribution in [-0.2, 0) is 37.5 Å². The first-order chi connectivity index (χ1) is 21.0. The third kappa shape index (κ3) is 5.96. The molecule has 1 aliphatic heterocycles. The van der Waals surface area contributed by atoms with Gasteiger partial charge in [0.05, 0.1) is 0 Å². The molecular weight excluding hydrogens is 623 g/mol. The second-order valence-corrected chi connectivity index (χ2v) is 12.4. The van der Waals surface area contributed by atoms with Crippen LogP contribution in [0.2, 0.25) is 0 Å². The standard InChI is InChI=1S/C35H38N7O.Y/c1-22-29(14-12-27-13-15-30(39-31(22)27)26-6-4-3-5-7-26)32-33-34(36)37-21-38-42(33)35(40-32)28-10-8-24(9-11-28)20-41-18-16-25(17-19-41)23(2)43;/h3-7,12,14-15,21,24-25,28H,8-11,16-20H2,1-2H3,(H2,36,37,38);/q-1;. The number of aromatic nitrogens is 5. The van der Waals surface area contributed by atoms with E-state index in [4.69, 9.17) is 15.7 Å². The van der Waals surface area contributed by atoms with E-state index in [2.05, 4.69) is 52.2 Å². The van der Waals surface area contributed by atoms with Crippen molar-refractivity contribution >= 4 is 28.0 Å². The summed E-state index contributed by atoms with van der Waals surface area (Å²) >= 11 is 0. The zero-order valence-electron chi connectivity index (χ0n) is 25.5. The fourth-order valence-corrected chi connectivity index (χ4v) is 7.19. The molecule has 9 heteroatoms. The van der Waals surface area contributed by atoms with Gasteiger partial charge in [-0.3, -0.25) is 4.79 Å². The Morgan fingerprint density at radius 3 is 2.48 bits per heavy atom. The Bertz CT molecular complexity index is 1790. The molecule has 1 saturated carbocycles. The number of Topliss-reactive ketones (excluding diaryl/α,β-unsaturated/α-hetero) is 1. The molecule has 1 radical (unpaired) electrons. The van der Waals surface area contributed by atoms with Crippen molar-refractivity contribution in [3.05, 3.63) is 72.3 Å². The molecule has 0 atom stereocenters. The molecule has 44 heavy (non-hydrogen) atoms. The van der Waals surface area contributed by atoms with Crippen molar-refractivity contribution in [2.75, 3.05) is 25.4 Å². The van der Waals surface area contributed by atoms with Gasteiger partial charge in [0, 0.05) is 51.1 Å². The summed E-state index contributed by atoms with van der Waals surface area (Å²) in [5, 5.41) is 5.62. The van der Waals surface area contributed by atoms with E-state index in [1.54, 1.807) is 6.92 Å². The molecule has 1 aliphatic carbocycles. The largest absolute Gasteiger partial charge is 0.382 e. The first kappa shape index (κ1) is 30.9. The van der Waals surface area contributed by atoms with E-state index in [-0.39, 0.29) is 38.6 Å². The number of rotatable bonds is 6. The van der Waals surface area contributed by atoms with Crippen LogP contribution in [-0.4, -0.2) is 54.9 Å². The summed E-state index contributed by atoms with van der Waals surface area (Å²) in [4.78, 5) is 29.0. The Balaban J connectivity index is 0.00000343. The van der Waals surface area contributed by atoms with Crippen molar-refractivity contribution in [1.29, 1.82) is 0 Å². The smallest absolute Gasteiger partial charge is 0.153 e. The van der Waals surface area contributed by atoms with Crippen LogP contribution in [0.3, 0.4) is 0 Å². The fraction of sp³-hybridized carbons (Fsp3) is 0.400. The topological polar surface area (TPSA) is 102 Å². The van der Waals surface area contributed by atoms with Gasteiger partial charge in [-0.15, -0.1) is 23.6 Å². The summed E-state index contributed by atoms with van der Waals surface area (Å²) in [6.45, 7) is 7.05. The minimum atomic E-state index is 0. The van der Waals surface area contributed by atoms with Crippen molar-refractivity contribution in [2.24, 2.45) is 11.8 Å². The second-order valence-electron chi connectivity index (χ2n) is 12.4. The molecule has 5 aromatic rings. The zero-order valence-corrected chi connectivity index (χ0v) is 28.4. The van der Waals surface area contributed by atoms with Crippen LogP contribution in [0.4, 0.5) is 5.82 Å². The molecule has 3 aromatic heterocycles. The van der Waals surface area contributed by atoms with E-state index >= 15 is 0 Å². The molecule has 0 unspecified atom stereocenters. The molecule has 0 bridgehead atoms. The van der Waals surface area contributed by atoms with Crippen LogP contribution in [0.5, 0.6) is 0 Å². The molecular formula is C35H38N7OY-. The number of imidazole rings is 1. The van der Waals surface area contributed by atoms with Gasteiger partial charge in [-0.2, -0.15) is 5.10 Å². The Morgan fingerprint density at radius 1 is 1.00 bits per heavy atom. The minimum absolute atomic E-state index is 0. The maximum atomic E-state index is 11.8. The Kier molecular flexibility index (Phi) is 9.22. The molecule has 0 amide bonds. The molecule has 0 spiro atoms. The molecule has 223 valence electrons. The third-order valence-electron chi connectivity index (χ3n) is 9.73. The predicted molar refractivity (Wildman–Crippen MR) is 169 cm³/mol. The normalized spacial score (nSPS) is 19.7. The average Bonchev–Trinajstić information content (AvgIpc) is 3.43. The second kappa shape index (κ2) is 13.1. The maximum absolute atomic E-state index is 11.8. The van der Waals surface area contributed by atoms with Gasteiger partial charge in [0.15, 0.2) is 5.82 Å². The molecule has 2 aromatic carbocycles. The number of fused-ring (bicyclic) bond motifs is 2. The summed E-state index contributed by atoms with van der Waals surface area (Å²) in [5.74, 6) is 3.00. The van der Waals surface area contributed by atoms with Gasteiger partial charge in [0.2, 0.25) is 0 Å². The monoisotopic (exact) mass is 661 g/mol. The number of benzene rings is 2. The molecule has 4 heterocycles. The Morgan fingerprint density at radius 2 is 1.75 bits per heavy atom. The van der Waals surface area contributed by atoms with Crippen molar-refractivity contribution in [2.45, 2.75) is 58.3 Å². The third-order valence-corrected chi connectivity index (χ3v) is 9.73. The number of aryl methyl sites for hydroxylation is 1. The first-order valence-corrected chi connectivity index (χ1v) is 15.6. The van der Waals surface area contributed by atoms with E-state index in [1.165, 1.54) is 19.2 Å². The van der Waals surface area contributed by atoms with Crippen LogP contribution < -0.4 is 5.73 Å². The number of anilines is 1. The quantitative estimate of drug-likeness (QED) is 0.214. The fourth-order valence-electron chi connectivity index (χ4n) is 7.19. The maximum Gasteiger partial charge on any atom is 0.153 e. The van der Waals surface area contributed by atoms with Gasteiger partial charge in [-0.1, -0.05) is 42.0 Å². The van der Waals surface area contributed by atoms with Crippen LogP contribution in [0.25, 0.3) is 38.9 Å². The SMILES string of the molecule is CC(=O)C1CCN(CC2CCC(c3nc(-c4ccc5[c-]cc(-c6ccccc6)nc5c4C)c4c(N)ncnn34)CC2)CC1.[Y]. The van der Waals surface area contributed by atoms with Gasteiger partial charge in [0.1, 0.15) is 29.1 Å². The van der Waals surface area contributed by atoms with Crippen molar-refractivity contribution in [3.8, 4) is 22.5 Å². The van der Waals surface area contributed by atoms with E-state index in [1.807, 2.05) is 28.8 Å². The average molecular weight is 662 g/mol. The van der Waals surface area contributed by atoms with Crippen LogP contribution >= 0.6 is 0 Å². The number of carbonyl (C=O) groups excluding carboxylic acids is 1. The van der Waals surface area contributed by atoms with E-state index in [0.717, 1.165) is 95.6 Å². The molecule has 1 saturated heterocycles. The van der Waals surface area contributed by atoms with Gasteiger partial charge in [0.25, 0.3) is 0 Å². The molecule has 7 rings (SSSR count). The van der Waals surface area contributed by atoms with Crippen LogP contribution in [0.1, 0.15) is 62.8 Å². The number of hydrogen-bond acceptors (Lipinski definition) is 7. The number of nitrogens with zero attached hydrogens (tertiary/aromatic N) is 6. The van der Waals surface area contributed by atoms with E-state index in [9.17, 15) is 4.79 Å². The summed E-state index contributed by atoms with van der Waals surface area (Å²) in [5.41, 5.74) is 13.0. The van der Waals surface area contributed by atoms with Gasteiger partial charge in [-0.25, -0.2) is 14.5 Å². The van der Waals surface area contributed by atoms with Gasteiger partial charge in [-0.05, 0) is 93.7 Å². The zero-order chi connectivity index (χ0) is 29.5. The number of pyridine rings is 1. The Hall–Kier alpha value is -3.07. The summed E-state index contributed by atoms with van der Waals surface area (Å²) < 4.78 is 1.93. The summed E-state index contributed by atoms with van der Waals surface area (Å²) in [7, 11) is 0. The number of carbonyl (C=O) groups is 1. The summed E-state index contributed by atoms with van der Waals surface area (Å²) in [6.07, 6.45) is 8.02. The summed E-state index contributed by atoms with van der Waals surface area (Å²) in [6, 6.07) is 19.7. The molecule has 2 fully saturated rings. The number of nitrogen functional groups attached to an aromatic ring is 1. The number of nitrogens with two attached hydrogens (primary N) is 1. The predicted octanol–water partition coefficient (Wildman–Crippen LogP) is 6.27. The molecule has 8 nitrogen and oxygen atoms in total. The number of ketones is 1. The number of hydrogen-bond donors (Lipinski definition) is 1. The molecule has 2 N–H and O–H groups in total. The van der Waals surface area contributed by atoms with Crippen molar-refractivity contribution in [3.63, 3.8) is 0 Å². The van der Waals surface area contributed by atoms with Gasteiger partial charge >= 0.3 is 0 Å². The van der Waals surface area contributed by atoms with E-state index < -0.39 is 0 Å². The van der Waals surface area contributed by atoms with Crippen molar-refractivity contribution in [1.82, 2.24) is 29.5 Å². The number of likely N-dealkylation sites (tertiary alicyclic amines) is 1. The van der Waals surface area contributed by atoms with E-state index in [0.29, 0.717) is 23.4 Å². The molecule has 2 aliphatic rings. The van der Waals surface area contributed by atoms with Crippen LogP contribution in [0.15, 0.2) is 54.9 Å². The Labute approximate surface area is 283 Å². The first-order valence-electron chi connectivity index (χ1n) is 15.6. The van der Waals surface area contributed by atoms with Crippen LogP contribution in [0, 0.1) is 24.8 Å². The number of piperidine rings is 1. The minimum Gasteiger partial charge on any atom is -0.382 e. The van der Waals surface area contributed by atoms with Crippen molar-refractivity contribution < 1.29 is 37.5 Å². The van der Waals surface area contributed by atoms with Gasteiger partial charge < -0.3 is 15.6 Å².